The lowest BCUT2D eigenvalue weighted by Crippen LogP contribution is -2.38. The van der Waals surface area contributed by atoms with Crippen molar-refractivity contribution in [2.45, 2.75) is 12.8 Å². The van der Waals surface area contributed by atoms with E-state index in [9.17, 15) is 18.8 Å². The molecule has 1 fully saturated rings. The number of benzene rings is 2. The summed E-state index contributed by atoms with van der Waals surface area (Å²) in [5.74, 6) is -1.71. The molecule has 1 aliphatic heterocycles. The SMILES string of the molecule is O=C(Cc1ccc(NC(=O)c2nc[nH]c2C(=O)NCCCN2CCOCC2)cc1)c1ccc(F)cc1Cl. The highest BCUT2D eigenvalue weighted by Crippen LogP contribution is 2.20. The second-order valence-corrected chi connectivity index (χ2v) is 8.97. The van der Waals surface area contributed by atoms with Crippen LogP contribution in [-0.2, 0) is 11.2 Å². The summed E-state index contributed by atoms with van der Waals surface area (Å²) in [5.41, 5.74) is 1.48. The molecule has 1 aliphatic rings. The number of Topliss-reactive ketones (excluding diaryl/α,β-unsaturated/α-hetero) is 1. The van der Waals surface area contributed by atoms with Gasteiger partial charge >= 0.3 is 0 Å². The third-order valence-corrected chi connectivity index (χ3v) is 6.24. The number of carbonyl (C=O) groups is 3. The van der Waals surface area contributed by atoms with Crippen LogP contribution in [0.25, 0.3) is 0 Å². The molecule has 0 saturated carbocycles. The summed E-state index contributed by atoms with van der Waals surface area (Å²) < 4.78 is 18.6. The Bertz CT molecular complexity index is 1260. The van der Waals surface area contributed by atoms with Gasteiger partial charge in [-0.2, -0.15) is 0 Å². The van der Waals surface area contributed by atoms with E-state index in [1.807, 2.05) is 0 Å². The van der Waals surface area contributed by atoms with Crippen LogP contribution >= 0.6 is 11.6 Å². The summed E-state index contributed by atoms with van der Waals surface area (Å²) in [6, 6.07) is 10.3. The number of hydrogen-bond donors (Lipinski definition) is 3. The number of ketones is 1. The van der Waals surface area contributed by atoms with Gasteiger partial charge in [-0.3, -0.25) is 19.3 Å². The standard InChI is InChI=1S/C26H27ClFN5O4/c27-21-15-18(28)4-7-20(21)22(34)14-17-2-5-19(6-3-17)32-26(36)24-23(30-16-31-24)25(35)29-8-1-9-33-10-12-37-13-11-33/h2-7,15-16H,1,8-14H2,(H,29,35)(H,30,31)(H,32,36). The van der Waals surface area contributed by atoms with Crippen molar-refractivity contribution in [2.24, 2.45) is 0 Å². The quantitative estimate of drug-likeness (QED) is 0.275. The predicted molar refractivity (Wildman–Crippen MR) is 137 cm³/mol. The number of carbonyl (C=O) groups excluding carboxylic acids is 3. The molecule has 2 aromatic carbocycles. The van der Waals surface area contributed by atoms with Crippen molar-refractivity contribution in [3.63, 3.8) is 0 Å². The minimum Gasteiger partial charge on any atom is -0.379 e. The largest absolute Gasteiger partial charge is 0.379 e. The highest BCUT2D eigenvalue weighted by Gasteiger charge is 2.21. The first-order chi connectivity index (χ1) is 17.9. The summed E-state index contributed by atoms with van der Waals surface area (Å²) in [5, 5.41) is 5.59. The Morgan fingerprint density at radius 1 is 1.08 bits per heavy atom. The third kappa shape index (κ3) is 7.22. The van der Waals surface area contributed by atoms with Crippen LogP contribution in [0.3, 0.4) is 0 Å². The molecule has 0 bridgehead atoms. The van der Waals surface area contributed by atoms with Gasteiger partial charge in [0.25, 0.3) is 11.8 Å². The zero-order valence-electron chi connectivity index (χ0n) is 20.1. The molecule has 3 N–H and O–H groups in total. The molecule has 1 saturated heterocycles. The molecule has 0 spiro atoms. The van der Waals surface area contributed by atoms with E-state index in [2.05, 4.69) is 25.5 Å². The average Bonchev–Trinajstić information content (AvgIpc) is 3.39. The van der Waals surface area contributed by atoms with Crippen molar-refractivity contribution in [1.82, 2.24) is 20.2 Å². The number of hydrogen-bond acceptors (Lipinski definition) is 6. The molecule has 2 amide bonds. The van der Waals surface area contributed by atoms with Gasteiger partial charge < -0.3 is 20.4 Å². The van der Waals surface area contributed by atoms with Crippen LogP contribution in [0.15, 0.2) is 48.8 Å². The Hall–Kier alpha value is -3.60. The second-order valence-electron chi connectivity index (χ2n) is 8.56. The molecule has 1 aromatic heterocycles. The molecule has 0 unspecified atom stereocenters. The van der Waals surface area contributed by atoms with Crippen molar-refractivity contribution in [3.05, 3.63) is 82.1 Å². The lowest BCUT2D eigenvalue weighted by molar-refractivity contribution is 0.0374. The van der Waals surface area contributed by atoms with Crippen molar-refractivity contribution in [1.29, 1.82) is 0 Å². The number of amides is 2. The number of aromatic amines is 1. The van der Waals surface area contributed by atoms with Gasteiger partial charge in [0.1, 0.15) is 11.5 Å². The van der Waals surface area contributed by atoms with E-state index in [0.717, 1.165) is 45.3 Å². The van der Waals surface area contributed by atoms with E-state index in [1.165, 1.54) is 18.5 Å². The zero-order chi connectivity index (χ0) is 26.2. The maximum absolute atomic E-state index is 13.2. The Labute approximate surface area is 218 Å². The monoisotopic (exact) mass is 527 g/mol. The van der Waals surface area contributed by atoms with Gasteiger partial charge in [-0.15, -0.1) is 0 Å². The van der Waals surface area contributed by atoms with Gasteiger partial charge in [0, 0.05) is 37.3 Å². The van der Waals surface area contributed by atoms with Gasteiger partial charge in [0.15, 0.2) is 11.5 Å². The maximum Gasteiger partial charge on any atom is 0.276 e. The summed E-state index contributed by atoms with van der Waals surface area (Å²) in [6.07, 6.45) is 2.14. The van der Waals surface area contributed by atoms with Gasteiger partial charge in [0.05, 0.1) is 24.6 Å². The number of H-pyrrole nitrogens is 1. The highest BCUT2D eigenvalue weighted by molar-refractivity contribution is 6.34. The lowest BCUT2D eigenvalue weighted by atomic mass is 10.0. The molecule has 0 radical (unpaired) electrons. The van der Waals surface area contributed by atoms with Gasteiger partial charge in [0.2, 0.25) is 0 Å². The fourth-order valence-electron chi connectivity index (χ4n) is 3.95. The molecule has 4 rings (SSSR count). The molecule has 37 heavy (non-hydrogen) atoms. The molecular formula is C26H27ClFN5O4. The molecule has 194 valence electrons. The first kappa shape index (κ1) is 26.5. The topological polar surface area (TPSA) is 116 Å². The van der Waals surface area contributed by atoms with E-state index >= 15 is 0 Å². The van der Waals surface area contributed by atoms with E-state index in [4.69, 9.17) is 16.3 Å². The lowest BCUT2D eigenvalue weighted by Gasteiger charge is -2.26. The number of morpholine rings is 1. The number of nitrogens with one attached hydrogen (secondary N) is 3. The first-order valence-electron chi connectivity index (χ1n) is 11.9. The summed E-state index contributed by atoms with van der Waals surface area (Å²) in [4.78, 5) is 46.9. The fraction of sp³-hybridized carbons (Fsp3) is 0.308. The number of imidazole rings is 1. The molecule has 0 atom stereocenters. The first-order valence-corrected chi connectivity index (χ1v) is 12.3. The zero-order valence-corrected chi connectivity index (χ0v) is 20.8. The average molecular weight is 528 g/mol. The minimum absolute atomic E-state index is 0.0177. The molecule has 2 heterocycles. The normalized spacial score (nSPS) is 13.8. The summed E-state index contributed by atoms with van der Waals surface area (Å²) >= 11 is 5.97. The van der Waals surface area contributed by atoms with E-state index in [-0.39, 0.29) is 34.2 Å². The highest BCUT2D eigenvalue weighted by atomic mass is 35.5. The van der Waals surface area contributed by atoms with Crippen LogP contribution in [0.2, 0.25) is 5.02 Å². The number of anilines is 1. The number of ether oxygens (including phenoxy) is 1. The van der Waals surface area contributed by atoms with Gasteiger partial charge in [-0.25, -0.2) is 9.37 Å². The Morgan fingerprint density at radius 2 is 1.84 bits per heavy atom. The predicted octanol–water partition coefficient (Wildman–Crippen LogP) is 3.33. The van der Waals surface area contributed by atoms with E-state index in [1.54, 1.807) is 24.3 Å². The van der Waals surface area contributed by atoms with Crippen molar-refractivity contribution in [2.75, 3.05) is 44.7 Å². The molecule has 0 aliphatic carbocycles. The van der Waals surface area contributed by atoms with Gasteiger partial charge in [-0.05, 0) is 48.9 Å². The van der Waals surface area contributed by atoms with E-state index in [0.29, 0.717) is 17.8 Å². The van der Waals surface area contributed by atoms with Crippen molar-refractivity contribution < 1.29 is 23.5 Å². The fourth-order valence-corrected chi connectivity index (χ4v) is 4.22. The van der Waals surface area contributed by atoms with Gasteiger partial charge in [-0.1, -0.05) is 23.7 Å². The minimum atomic E-state index is -0.540. The van der Waals surface area contributed by atoms with Crippen molar-refractivity contribution in [3.8, 4) is 0 Å². The molecule has 9 nitrogen and oxygen atoms in total. The number of nitrogens with zero attached hydrogens (tertiary/aromatic N) is 2. The van der Waals surface area contributed by atoms with Crippen LogP contribution in [0.4, 0.5) is 10.1 Å². The molecule has 11 heteroatoms. The number of halogens is 2. The Kier molecular flexibility index (Phi) is 8.99. The van der Waals surface area contributed by atoms with Crippen LogP contribution < -0.4 is 10.6 Å². The molecule has 3 aromatic rings. The smallest absolute Gasteiger partial charge is 0.276 e. The van der Waals surface area contributed by atoms with Crippen LogP contribution in [-0.4, -0.2) is 71.9 Å². The molecular weight excluding hydrogens is 501 g/mol. The number of rotatable bonds is 10. The van der Waals surface area contributed by atoms with Crippen LogP contribution in [0.5, 0.6) is 0 Å². The van der Waals surface area contributed by atoms with E-state index < -0.39 is 17.6 Å². The van der Waals surface area contributed by atoms with Crippen LogP contribution in [0, 0.1) is 5.82 Å². The van der Waals surface area contributed by atoms with Crippen molar-refractivity contribution >= 4 is 34.9 Å². The second kappa shape index (κ2) is 12.6. The summed E-state index contributed by atoms with van der Waals surface area (Å²) in [6.45, 7) is 4.56. The maximum atomic E-state index is 13.2. The Morgan fingerprint density at radius 3 is 2.57 bits per heavy atom. The summed E-state index contributed by atoms with van der Waals surface area (Å²) in [7, 11) is 0. The Balaban J connectivity index is 1.28. The third-order valence-electron chi connectivity index (χ3n) is 5.93. The van der Waals surface area contributed by atoms with Crippen LogP contribution in [0.1, 0.15) is 43.3 Å². The number of aromatic nitrogens is 2.